The van der Waals surface area contributed by atoms with E-state index in [0.29, 0.717) is 13.2 Å². The number of fused-ring (bicyclic) bond motifs is 1. The summed E-state index contributed by atoms with van der Waals surface area (Å²) >= 11 is 0. The largest absolute Gasteiger partial charge is 0.486 e. The first-order chi connectivity index (χ1) is 9.88. The van der Waals surface area contributed by atoms with Gasteiger partial charge in [-0.05, 0) is 37.2 Å². The van der Waals surface area contributed by atoms with Gasteiger partial charge >= 0.3 is 0 Å². The van der Waals surface area contributed by atoms with E-state index in [2.05, 4.69) is 16.4 Å². The van der Waals surface area contributed by atoms with Crippen LogP contribution in [0.5, 0.6) is 11.5 Å². The van der Waals surface area contributed by atoms with Gasteiger partial charge in [0.25, 0.3) is 0 Å². The van der Waals surface area contributed by atoms with Gasteiger partial charge in [-0.3, -0.25) is 4.98 Å². The van der Waals surface area contributed by atoms with Gasteiger partial charge in [0.15, 0.2) is 11.5 Å². The van der Waals surface area contributed by atoms with E-state index >= 15 is 0 Å². The zero-order valence-corrected chi connectivity index (χ0v) is 11.5. The molecule has 1 aliphatic rings. The van der Waals surface area contributed by atoms with Crippen molar-refractivity contribution in [2.75, 3.05) is 20.3 Å². The predicted molar refractivity (Wildman–Crippen MR) is 77.2 cm³/mol. The van der Waals surface area contributed by atoms with E-state index in [1.165, 1.54) is 5.56 Å². The summed E-state index contributed by atoms with van der Waals surface area (Å²) in [5, 5.41) is 3.36. The summed E-state index contributed by atoms with van der Waals surface area (Å²) in [4.78, 5) is 4.06. The summed E-state index contributed by atoms with van der Waals surface area (Å²) in [5.41, 5.74) is 2.38. The maximum Gasteiger partial charge on any atom is 0.166 e. The Hall–Kier alpha value is -2.07. The number of benzene rings is 1. The molecular formula is C16H18N2O2. The van der Waals surface area contributed by atoms with Gasteiger partial charge in [-0.15, -0.1) is 0 Å². The van der Waals surface area contributed by atoms with Crippen molar-refractivity contribution in [3.05, 3.63) is 53.9 Å². The fraction of sp³-hybridized carbons (Fsp3) is 0.312. The number of aromatic nitrogens is 1. The van der Waals surface area contributed by atoms with Crippen LogP contribution >= 0.6 is 0 Å². The molecule has 4 nitrogen and oxygen atoms in total. The van der Waals surface area contributed by atoms with Crippen molar-refractivity contribution in [3.63, 3.8) is 0 Å². The second-order valence-corrected chi connectivity index (χ2v) is 4.77. The normalized spacial score (nSPS) is 14.8. The molecule has 1 aliphatic heterocycles. The topological polar surface area (TPSA) is 43.4 Å². The zero-order chi connectivity index (χ0) is 13.8. The van der Waals surface area contributed by atoms with Gasteiger partial charge in [-0.1, -0.05) is 12.1 Å². The molecule has 2 heterocycles. The van der Waals surface area contributed by atoms with E-state index in [1.54, 1.807) is 0 Å². The second-order valence-electron chi connectivity index (χ2n) is 4.77. The molecule has 0 fully saturated rings. The zero-order valence-electron chi connectivity index (χ0n) is 11.5. The van der Waals surface area contributed by atoms with Crippen molar-refractivity contribution < 1.29 is 9.47 Å². The third-order valence-corrected chi connectivity index (χ3v) is 3.51. The lowest BCUT2D eigenvalue weighted by Gasteiger charge is -2.25. The summed E-state index contributed by atoms with van der Waals surface area (Å²) in [6, 6.07) is 10.3. The lowest BCUT2D eigenvalue weighted by molar-refractivity contribution is 0.168. The Morgan fingerprint density at radius 2 is 1.95 bits per heavy atom. The maximum atomic E-state index is 5.80. The summed E-state index contributed by atoms with van der Waals surface area (Å²) in [5.74, 6) is 1.70. The summed E-state index contributed by atoms with van der Waals surface area (Å²) in [7, 11) is 1.97. The molecule has 1 atom stereocenters. The van der Waals surface area contributed by atoms with Crippen LogP contribution < -0.4 is 14.8 Å². The van der Waals surface area contributed by atoms with Crippen molar-refractivity contribution in [1.82, 2.24) is 10.3 Å². The van der Waals surface area contributed by atoms with Gasteiger partial charge in [0.2, 0.25) is 0 Å². The molecule has 0 aliphatic carbocycles. The molecule has 0 amide bonds. The van der Waals surface area contributed by atoms with E-state index in [0.717, 1.165) is 23.5 Å². The third kappa shape index (κ3) is 2.60. The summed E-state index contributed by atoms with van der Waals surface area (Å²) < 4.78 is 11.4. The number of nitrogens with zero attached hydrogens (tertiary/aromatic N) is 1. The minimum absolute atomic E-state index is 0.189. The summed E-state index contributed by atoms with van der Waals surface area (Å²) in [6.07, 6.45) is 4.53. The van der Waals surface area contributed by atoms with Crippen LogP contribution in [0.25, 0.3) is 0 Å². The van der Waals surface area contributed by atoms with Crippen molar-refractivity contribution in [3.8, 4) is 11.5 Å². The number of hydrogen-bond acceptors (Lipinski definition) is 4. The quantitative estimate of drug-likeness (QED) is 0.926. The molecule has 0 bridgehead atoms. The third-order valence-electron chi connectivity index (χ3n) is 3.51. The monoisotopic (exact) mass is 270 g/mol. The van der Waals surface area contributed by atoms with Crippen LogP contribution in [0.2, 0.25) is 0 Å². The molecule has 4 heteroatoms. The van der Waals surface area contributed by atoms with E-state index in [-0.39, 0.29) is 6.04 Å². The highest BCUT2D eigenvalue weighted by Crippen LogP contribution is 2.37. The molecule has 0 spiro atoms. The Labute approximate surface area is 118 Å². The number of rotatable bonds is 4. The van der Waals surface area contributed by atoms with Crippen LogP contribution in [-0.2, 0) is 6.42 Å². The summed E-state index contributed by atoms with van der Waals surface area (Å²) in [6.45, 7) is 1.22. The van der Waals surface area contributed by atoms with E-state index in [4.69, 9.17) is 9.47 Å². The van der Waals surface area contributed by atoms with Crippen LogP contribution in [0.4, 0.5) is 0 Å². The minimum Gasteiger partial charge on any atom is -0.486 e. The first-order valence-electron chi connectivity index (χ1n) is 6.83. The van der Waals surface area contributed by atoms with Crippen LogP contribution in [0, 0.1) is 0 Å². The van der Waals surface area contributed by atoms with Gasteiger partial charge in [-0.2, -0.15) is 0 Å². The smallest absolute Gasteiger partial charge is 0.166 e. The highest BCUT2D eigenvalue weighted by atomic mass is 16.6. The number of hydrogen-bond donors (Lipinski definition) is 1. The molecule has 104 valence electrons. The van der Waals surface area contributed by atoms with Crippen molar-refractivity contribution in [2.24, 2.45) is 0 Å². The van der Waals surface area contributed by atoms with Gasteiger partial charge < -0.3 is 14.8 Å². The molecule has 0 saturated heterocycles. The molecule has 20 heavy (non-hydrogen) atoms. The fourth-order valence-corrected chi connectivity index (χ4v) is 2.49. The van der Waals surface area contributed by atoms with Gasteiger partial charge in [0.1, 0.15) is 13.2 Å². The Kier molecular flexibility index (Phi) is 3.83. The molecular weight excluding hydrogens is 252 g/mol. The number of likely N-dealkylation sites (N-methyl/N-ethyl adjacent to an activating group) is 1. The Morgan fingerprint density at radius 3 is 2.75 bits per heavy atom. The number of nitrogens with one attached hydrogen (secondary N) is 1. The van der Waals surface area contributed by atoms with Crippen molar-refractivity contribution in [2.45, 2.75) is 12.5 Å². The first kappa shape index (κ1) is 12.9. The van der Waals surface area contributed by atoms with Crippen LogP contribution in [0.1, 0.15) is 17.2 Å². The SMILES string of the molecule is CNC(Cc1ccncc1)c1cccc2c1OCCO2. The predicted octanol–water partition coefficient (Wildman–Crippen LogP) is 2.36. The van der Waals surface area contributed by atoms with Crippen LogP contribution in [0.3, 0.4) is 0 Å². The molecule has 1 aromatic carbocycles. The number of ether oxygens (including phenoxy) is 2. The molecule has 2 aromatic rings. The standard InChI is InChI=1S/C16H18N2O2/c1-17-14(11-12-5-7-18-8-6-12)13-3-2-4-15-16(13)20-10-9-19-15/h2-8,14,17H,9-11H2,1H3. The highest BCUT2D eigenvalue weighted by Gasteiger charge is 2.21. The van der Waals surface area contributed by atoms with Gasteiger partial charge in [0.05, 0.1) is 0 Å². The van der Waals surface area contributed by atoms with Crippen molar-refractivity contribution >= 4 is 0 Å². The fourth-order valence-electron chi connectivity index (χ4n) is 2.49. The lowest BCUT2D eigenvalue weighted by Crippen LogP contribution is -2.23. The molecule has 0 radical (unpaired) electrons. The number of para-hydroxylation sites is 1. The molecule has 3 rings (SSSR count). The molecule has 1 aromatic heterocycles. The highest BCUT2D eigenvalue weighted by molar-refractivity contribution is 5.49. The maximum absolute atomic E-state index is 5.80. The van der Waals surface area contributed by atoms with Gasteiger partial charge in [0, 0.05) is 24.0 Å². The number of pyridine rings is 1. The lowest BCUT2D eigenvalue weighted by atomic mass is 9.98. The average molecular weight is 270 g/mol. The average Bonchev–Trinajstić information content (AvgIpc) is 2.53. The Morgan fingerprint density at radius 1 is 1.15 bits per heavy atom. The van der Waals surface area contributed by atoms with E-state index in [1.807, 2.05) is 43.7 Å². The molecule has 1 N–H and O–H groups in total. The second kappa shape index (κ2) is 5.92. The van der Waals surface area contributed by atoms with Crippen LogP contribution in [0.15, 0.2) is 42.7 Å². The van der Waals surface area contributed by atoms with Crippen molar-refractivity contribution in [1.29, 1.82) is 0 Å². The first-order valence-corrected chi connectivity index (χ1v) is 6.83. The Balaban J connectivity index is 1.90. The van der Waals surface area contributed by atoms with E-state index in [9.17, 15) is 0 Å². The minimum atomic E-state index is 0.189. The molecule has 0 saturated carbocycles. The van der Waals surface area contributed by atoms with E-state index < -0.39 is 0 Å². The van der Waals surface area contributed by atoms with Crippen LogP contribution in [-0.4, -0.2) is 25.2 Å². The molecule has 1 unspecified atom stereocenters. The Bertz CT molecular complexity index is 572. The van der Waals surface area contributed by atoms with Gasteiger partial charge in [-0.25, -0.2) is 0 Å².